The lowest BCUT2D eigenvalue weighted by atomic mass is 9.79. The van der Waals surface area contributed by atoms with Crippen LogP contribution in [0.15, 0.2) is 12.1 Å². The quantitative estimate of drug-likeness (QED) is 0.630. The van der Waals surface area contributed by atoms with E-state index in [1.807, 2.05) is 27.7 Å². The summed E-state index contributed by atoms with van der Waals surface area (Å²) < 4.78 is 25.2. The molecule has 6 heteroatoms. The molecular formula is C12H16BClFNO2. The van der Waals surface area contributed by atoms with Crippen LogP contribution in [0.1, 0.15) is 27.7 Å². The van der Waals surface area contributed by atoms with Crippen LogP contribution in [0, 0.1) is 5.82 Å². The number of benzene rings is 1. The molecule has 3 nitrogen and oxygen atoms in total. The van der Waals surface area contributed by atoms with Gasteiger partial charge in [-0.05, 0) is 45.3 Å². The second kappa shape index (κ2) is 4.12. The van der Waals surface area contributed by atoms with Crippen LogP contribution in [0.3, 0.4) is 0 Å². The fraction of sp³-hybridized carbons (Fsp3) is 0.500. The highest BCUT2D eigenvalue weighted by atomic mass is 35.5. The third kappa shape index (κ3) is 2.11. The summed E-state index contributed by atoms with van der Waals surface area (Å²) in [6.07, 6.45) is 0. The molecule has 0 aliphatic carbocycles. The van der Waals surface area contributed by atoms with Crippen LogP contribution in [-0.4, -0.2) is 18.3 Å². The van der Waals surface area contributed by atoms with Crippen molar-refractivity contribution < 1.29 is 13.7 Å². The summed E-state index contributed by atoms with van der Waals surface area (Å²) in [4.78, 5) is 0. The molecule has 1 aliphatic rings. The van der Waals surface area contributed by atoms with Crippen LogP contribution in [0.2, 0.25) is 5.02 Å². The second-order valence-electron chi connectivity index (χ2n) is 5.49. The first-order valence-corrected chi connectivity index (χ1v) is 6.12. The van der Waals surface area contributed by atoms with E-state index in [1.165, 1.54) is 6.07 Å². The van der Waals surface area contributed by atoms with Crippen molar-refractivity contribution in [3.63, 3.8) is 0 Å². The van der Waals surface area contributed by atoms with E-state index in [2.05, 4.69) is 0 Å². The first-order chi connectivity index (χ1) is 8.14. The Morgan fingerprint density at radius 3 is 2.11 bits per heavy atom. The molecule has 0 radical (unpaired) electrons. The Bertz CT molecular complexity index is 454. The first kappa shape index (κ1) is 13.7. The smallest absolute Gasteiger partial charge is 0.399 e. The normalized spacial score (nSPS) is 21.3. The molecule has 1 heterocycles. The molecule has 1 saturated heterocycles. The Kier molecular flexibility index (Phi) is 3.12. The minimum Gasteiger partial charge on any atom is -0.399 e. The van der Waals surface area contributed by atoms with Gasteiger partial charge in [-0.1, -0.05) is 11.6 Å². The van der Waals surface area contributed by atoms with Gasteiger partial charge in [-0.2, -0.15) is 0 Å². The molecule has 1 aromatic carbocycles. The Labute approximate surface area is 112 Å². The minimum absolute atomic E-state index is 0.0584. The van der Waals surface area contributed by atoms with Crippen molar-refractivity contribution in [2.75, 3.05) is 5.73 Å². The maximum absolute atomic E-state index is 13.6. The van der Waals surface area contributed by atoms with Gasteiger partial charge in [-0.15, -0.1) is 0 Å². The molecule has 1 aliphatic heterocycles. The van der Waals surface area contributed by atoms with E-state index in [1.54, 1.807) is 6.07 Å². The lowest BCUT2D eigenvalue weighted by Crippen LogP contribution is -2.41. The van der Waals surface area contributed by atoms with Gasteiger partial charge in [-0.25, -0.2) is 4.39 Å². The summed E-state index contributed by atoms with van der Waals surface area (Å²) in [5.74, 6) is -0.563. The van der Waals surface area contributed by atoms with Crippen molar-refractivity contribution in [2.24, 2.45) is 0 Å². The van der Waals surface area contributed by atoms with Crippen LogP contribution in [0.4, 0.5) is 10.1 Å². The standard InChI is InChI=1S/C12H16BClFNO2/c1-11(2)12(3,4)18-13(17-11)7-5-8(14)10(16)9(15)6-7/h5-6H,16H2,1-4H3. The van der Waals surface area contributed by atoms with E-state index in [4.69, 9.17) is 26.6 Å². The molecule has 1 aromatic rings. The topological polar surface area (TPSA) is 44.5 Å². The van der Waals surface area contributed by atoms with E-state index in [9.17, 15) is 4.39 Å². The number of rotatable bonds is 1. The summed E-state index contributed by atoms with van der Waals surface area (Å²) in [7, 11) is -0.636. The zero-order valence-corrected chi connectivity index (χ0v) is 11.6. The van der Waals surface area contributed by atoms with E-state index in [0.717, 1.165) is 0 Å². The van der Waals surface area contributed by atoms with Gasteiger partial charge in [0.2, 0.25) is 0 Å². The Morgan fingerprint density at radius 2 is 1.67 bits per heavy atom. The summed E-state index contributed by atoms with van der Waals surface area (Å²) in [6.45, 7) is 7.73. The van der Waals surface area contributed by atoms with Gasteiger partial charge in [0.05, 0.1) is 21.9 Å². The van der Waals surface area contributed by atoms with Crippen molar-refractivity contribution in [2.45, 2.75) is 38.9 Å². The number of nitrogens with two attached hydrogens (primary N) is 1. The van der Waals surface area contributed by atoms with Gasteiger partial charge >= 0.3 is 7.12 Å². The second-order valence-corrected chi connectivity index (χ2v) is 5.89. The number of anilines is 1. The van der Waals surface area contributed by atoms with Crippen LogP contribution in [-0.2, 0) is 9.31 Å². The van der Waals surface area contributed by atoms with Crippen molar-refractivity contribution in [1.29, 1.82) is 0 Å². The monoisotopic (exact) mass is 271 g/mol. The van der Waals surface area contributed by atoms with Gasteiger partial charge in [0, 0.05) is 0 Å². The summed E-state index contributed by atoms with van der Waals surface area (Å²) in [6, 6.07) is 2.87. The Balaban J connectivity index is 2.36. The van der Waals surface area contributed by atoms with E-state index >= 15 is 0 Å². The SMILES string of the molecule is CC1(C)OB(c2cc(F)c(N)c(Cl)c2)OC1(C)C. The number of hydrogen-bond acceptors (Lipinski definition) is 3. The highest BCUT2D eigenvalue weighted by molar-refractivity contribution is 6.62. The molecule has 0 spiro atoms. The average molecular weight is 272 g/mol. The summed E-state index contributed by atoms with van der Waals surface area (Å²) in [5, 5.41) is 0.166. The first-order valence-electron chi connectivity index (χ1n) is 5.74. The summed E-state index contributed by atoms with van der Waals surface area (Å²) >= 11 is 5.86. The van der Waals surface area contributed by atoms with Crippen LogP contribution in [0.25, 0.3) is 0 Å². The number of halogens is 2. The van der Waals surface area contributed by atoms with Gasteiger partial charge in [0.15, 0.2) is 0 Å². The van der Waals surface area contributed by atoms with Gasteiger partial charge in [0.1, 0.15) is 5.82 Å². The predicted molar refractivity (Wildman–Crippen MR) is 71.5 cm³/mol. The molecule has 1 fully saturated rings. The van der Waals surface area contributed by atoms with Crippen molar-refractivity contribution in [3.8, 4) is 0 Å². The fourth-order valence-electron chi connectivity index (χ4n) is 1.72. The van der Waals surface area contributed by atoms with E-state index in [0.29, 0.717) is 5.46 Å². The highest BCUT2D eigenvalue weighted by Gasteiger charge is 2.51. The van der Waals surface area contributed by atoms with Crippen molar-refractivity contribution in [1.82, 2.24) is 0 Å². The third-order valence-corrected chi connectivity index (χ3v) is 3.94. The largest absolute Gasteiger partial charge is 0.494 e. The zero-order valence-electron chi connectivity index (χ0n) is 10.9. The Hall–Kier alpha value is -0.775. The number of hydrogen-bond donors (Lipinski definition) is 1. The fourth-order valence-corrected chi connectivity index (χ4v) is 1.94. The average Bonchev–Trinajstić information content (AvgIpc) is 2.44. The molecule has 0 amide bonds. The zero-order chi connectivity index (χ0) is 13.7. The molecule has 0 saturated carbocycles. The third-order valence-electron chi connectivity index (χ3n) is 3.63. The molecule has 18 heavy (non-hydrogen) atoms. The number of nitrogen functional groups attached to an aromatic ring is 1. The van der Waals surface area contributed by atoms with Gasteiger partial charge in [-0.3, -0.25) is 0 Å². The molecule has 2 N–H and O–H groups in total. The summed E-state index contributed by atoms with van der Waals surface area (Å²) in [5.41, 5.74) is 5.00. The van der Waals surface area contributed by atoms with E-state index < -0.39 is 24.1 Å². The molecule has 0 bridgehead atoms. The van der Waals surface area contributed by atoms with Crippen LogP contribution in [0.5, 0.6) is 0 Å². The minimum atomic E-state index is -0.636. The molecule has 0 aromatic heterocycles. The Morgan fingerprint density at radius 1 is 1.17 bits per heavy atom. The van der Waals surface area contributed by atoms with E-state index in [-0.39, 0.29) is 10.7 Å². The maximum Gasteiger partial charge on any atom is 0.494 e. The lowest BCUT2D eigenvalue weighted by molar-refractivity contribution is 0.00578. The molecule has 0 unspecified atom stereocenters. The molecule has 0 atom stereocenters. The van der Waals surface area contributed by atoms with Gasteiger partial charge < -0.3 is 15.0 Å². The predicted octanol–water partition coefficient (Wildman–Crippen LogP) is 2.36. The highest BCUT2D eigenvalue weighted by Crippen LogP contribution is 2.36. The van der Waals surface area contributed by atoms with Crippen LogP contribution >= 0.6 is 11.6 Å². The van der Waals surface area contributed by atoms with Crippen molar-refractivity contribution in [3.05, 3.63) is 23.0 Å². The molecule has 2 rings (SSSR count). The lowest BCUT2D eigenvalue weighted by Gasteiger charge is -2.32. The molecular weight excluding hydrogens is 255 g/mol. The van der Waals surface area contributed by atoms with Crippen molar-refractivity contribution >= 4 is 29.9 Å². The van der Waals surface area contributed by atoms with Crippen LogP contribution < -0.4 is 11.2 Å². The van der Waals surface area contributed by atoms with Gasteiger partial charge in [0.25, 0.3) is 0 Å². The maximum atomic E-state index is 13.6. The molecule has 98 valence electrons.